The Kier molecular flexibility index (Phi) is 11.3. The lowest BCUT2D eigenvalue weighted by Gasteiger charge is -2.52. The van der Waals surface area contributed by atoms with Crippen molar-refractivity contribution in [1.82, 2.24) is 5.32 Å². The normalized spacial score (nSPS) is 24.5. The van der Waals surface area contributed by atoms with E-state index < -0.39 is 11.7 Å². The van der Waals surface area contributed by atoms with Crippen molar-refractivity contribution in [2.45, 2.75) is 88.7 Å². The first kappa shape index (κ1) is 35.8. The maximum Gasteiger partial charge on any atom is 0.137 e. The number of quaternary nitrogens is 1. The molecule has 8 nitrogen and oxygen atoms in total. The van der Waals surface area contributed by atoms with Gasteiger partial charge in [-0.1, -0.05) is 61.4 Å². The average Bonchev–Trinajstić information content (AvgIpc) is 3.67. The van der Waals surface area contributed by atoms with Gasteiger partial charge in [0.15, 0.2) is 0 Å². The molecule has 1 aliphatic carbocycles. The van der Waals surface area contributed by atoms with Crippen molar-refractivity contribution >= 4 is 0 Å². The average molecular weight is 674 g/mol. The van der Waals surface area contributed by atoms with Gasteiger partial charge in [0.1, 0.15) is 42.9 Å². The summed E-state index contributed by atoms with van der Waals surface area (Å²) in [4.78, 5) is 0. The second-order valence-corrected chi connectivity index (χ2v) is 15.6. The molecule has 0 unspecified atom stereocenters. The molecule has 7 rings (SSSR count). The summed E-state index contributed by atoms with van der Waals surface area (Å²) in [5, 5.41) is 45.5. The summed E-state index contributed by atoms with van der Waals surface area (Å²) >= 11 is 0. The minimum Gasteiger partial charge on any atom is -0.508 e. The van der Waals surface area contributed by atoms with Crippen molar-refractivity contribution in [3.63, 3.8) is 0 Å². The number of piperidine rings is 3. The van der Waals surface area contributed by atoms with Crippen LogP contribution < -0.4 is 10.1 Å². The molecule has 0 aromatic heterocycles. The summed E-state index contributed by atoms with van der Waals surface area (Å²) < 4.78 is 14.0. The molecular weight excluding hydrogens is 616 g/mol. The topological polar surface area (TPSA) is 111 Å². The molecule has 4 aliphatic rings. The first-order valence-electron chi connectivity index (χ1n) is 18.4. The molecule has 0 spiro atoms. The van der Waals surface area contributed by atoms with Gasteiger partial charge in [0.25, 0.3) is 0 Å². The highest BCUT2D eigenvalue weighted by atomic mass is 16.5. The van der Waals surface area contributed by atoms with Gasteiger partial charge >= 0.3 is 0 Å². The molecule has 3 aliphatic heterocycles. The highest BCUT2D eigenvalue weighted by molar-refractivity contribution is 5.36. The standard InChI is InChI=1S/C41H56N2O6/c1-40(2,42-26-38(46)32-14-17-37(45)33(24-32)28-44)25-30-12-15-36(16-13-30)48-23-22-43-20-18-31(19-21-43)39(27-43)49-29-41(47,35-10-6-7-11-35)34-8-4-3-5-9-34/h3-5,8-9,12-17,24,31,35,38-39,42,44,46-47H,6-7,10-11,18-23,25-29H2,1-2H3/p+1/t31?,38-,39-,41+,43?/m0/s1. The predicted molar refractivity (Wildman–Crippen MR) is 191 cm³/mol. The summed E-state index contributed by atoms with van der Waals surface area (Å²) in [5.41, 5.74) is 2.05. The molecular formula is C41H57N2O6+. The van der Waals surface area contributed by atoms with E-state index in [0.29, 0.717) is 36.8 Å². The maximum absolute atomic E-state index is 12.0. The number of nitrogens with zero attached hydrogens (tertiary/aromatic N) is 1. The summed E-state index contributed by atoms with van der Waals surface area (Å²) in [6, 6.07) is 23.4. The van der Waals surface area contributed by atoms with E-state index in [9.17, 15) is 20.4 Å². The van der Waals surface area contributed by atoms with Crippen LogP contribution in [0.25, 0.3) is 0 Å². The van der Waals surface area contributed by atoms with Crippen molar-refractivity contribution < 1.29 is 34.4 Å². The van der Waals surface area contributed by atoms with E-state index >= 15 is 0 Å². The maximum atomic E-state index is 12.0. The van der Waals surface area contributed by atoms with Gasteiger partial charge in [0.05, 0.1) is 32.4 Å². The van der Waals surface area contributed by atoms with Crippen LogP contribution in [0.4, 0.5) is 0 Å². The van der Waals surface area contributed by atoms with Crippen LogP contribution in [-0.2, 0) is 23.4 Å². The fourth-order valence-electron chi connectivity index (χ4n) is 8.59. The number of nitrogens with one attached hydrogen (secondary N) is 1. The lowest BCUT2D eigenvalue weighted by Crippen LogP contribution is -2.65. The molecule has 3 aromatic carbocycles. The number of aromatic hydroxyl groups is 1. The van der Waals surface area contributed by atoms with Gasteiger partial charge in [-0.05, 0) is 80.0 Å². The molecule has 3 saturated heterocycles. The smallest absolute Gasteiger partial charge is 0.137 e. The Hall–Kier alpha value is -2.98. The number of aliphatic hydroxyl groups excluding tert-OH is 2. The molecule has 3 aromatic rings. The zero-order chi connectivity index (χ0) is 34.5. The number of ether oxygens (including phenoxy) is 2. The van der Waals surface area contributed by atoms with Crippen LogP contribution >= 0.6 is 0 Å². The van der Waals surface area contributed by atoms with Gasteiger partial charge in [0, 0.05) is 36.4 Å². The molecule has 3 heterocycles. The van der Waals surface area contributed by atoms with Crippen molar-refractivity contribution in [1.29, 1.82) is 0 Å². The lowest BCUT2D eigenvalue weighted by molar-refractivity contribution is -0.946. The Morgan fingerprint density at radius 3 is 2.35 bits per heavy atom. The largest absolute Gasteiger partial charge is 0.508 e. The van der Waals surface area contributed by atoms with Crippen molar-refractivity contribution in [3.8, 4) is 11.5 Å². The molecule has 8 heteroatoms. The van der Waals surface area contributed by atoms with E-state index in [0.717, 1.165) is 48.1 Å². The zero-order valence-corrected chi connectivity index (χ0v) is 29.4. The van der Waals surface area contributed by atoms with Crippen LogP contribution in [0.2, 0.25) is 0 Å². The number of rotatable bonds is 16. The number of hydrogen-bond donors (Lipinski definition) is 5. The third kappa shape index (κ3) is 8.67. The molecule has 266 valence electrons. The first-order valence-corrected chi connectivity index (χ1v) is 18.4. The molecule has 0 radical (unpaired) electrons. The van der Waals surface area contributed by atoms with Crippen molar-refractivity contribution in [2.75, 3.05) is 45.9 Å². The molecule has 49 heavy (non-hydrogen) atoms. The highest BCUT2D eigenvalue weighted by Crippen LogP contribution is 2.42. The van der Waals surface area contributed by atoms with Crippen LogP contribution in [0.1, 0.15) is 80.7 Å². The fourth-order valence-corrected chi connectivity index (χ4v) is 8.59. The van der Waals surface area contributed by atoms with E-state index in [1.807, 2.05) is 18.2 Å². The van der Waals surface area contributed by atoms with Gasteiger partial charge in [0.2, 0.25) is 0 Å². The summed E-state index contributed by atoms with van der Waals surface area (Å²) in [5.74, 6) is 1.73. The van der Waals surface area contributed by atoms with Crippen molar-refractivity contribution in [3.05, 3.63) is 95.1 Å². The monoisotopic (exact) mass is 673 g/mol. The van der Waals surface area contributed by atoms with Gasteiger partial charge in [-0.25, -0.2) is 0 Å². The Morgan fingerprint density at radius 2 is 1.65 bits per heavy atom. The fraction of sp³-hybridized carbons (Fsp3) is 0.561. The number of aliphatic hydroxyl groups is 3. The predicted octanol–water partition coefficient (Wildman–Crippen LogP) is 5.61. The van der Waals surface area contributed by atoms with E-state index in [-0.39, 0.29) is 29.9 Å². The SMILES string of the molecule is CC(C)(Cc1ccc(OCC[N+]23CCC(CC2)[C@@H](OC[C@@](O)(c2ccccc2)C2CCCC2)C3)cc1)NC[C@H](O)c1ccc(O)c(CO)c1. The Bertz CT molecular complexity index is 1480. The number of hydrogen-bond acceptors (Lipinski definition) is 7. The van der Waals surface area contributed by atoms with Gasteiger partial charge in [-0.3, -0.25) is 0 Å². The third-order valence-corrected chi connectivity index (χ3v) is 11.7. The molecule has 3 atom stereocenters. The lowest BCUT2D eigenvalue weighted by atomic mass is 9.80. The Labute approximate surface area is 292 Å². The van der Waals surface area contributed by atoms with E-state index in [1.54, 1.807) is 12.1 Å². The molecule has 1 saturated carbocycles. The van der Waals surface area contributed by atoms with Gasteiger partial charge in [-0.15, -0.1) is 0 Å². The number of phenols is 1. The van der Waals surface area contributed by atoms with Crippen LogP contribution in [0.15, 0.2) is 72.8 Å². The molecule has 4 fully saturated rings. The first-order chi connectivity index (χ1) is 23.6. The quantitative estimate of drug-likeness (QED) is 0.126. The summed E-state index contributed by atoms with van der Waals surface area (Å²) in [6.45, 7) is 9.64. The Morgan fingerprint density at radius 1 is 0.939 bits per heavy atom. The number of fused-ring (bicyclic) bond motifs is 3. The molecule has 0 amide bonds. The van der Waals surface area contributed by atoms with Gasteiger partial charge < -0.3 is 39.7 Å². The second kappa shape index (κ2) is 15.5. The van der Waals surface area contributed by atoms with Crippen LogP contribution in [-0.4, -0.2) is 82.5 Å². The van der Waals surface area contributed by atoms with E-state index in [2.05, 4.69) is 55.6 Å². The van der Waals surface area contributed by atoms with Gasteiger partial charge in [-0.2, -0.15) is 0 Å². The summed E-state index contributed by atoms with van der Waals surface area (Å²) in [7, 11) is 0. The molecule has 5 N–H and O–H groups in total. The Balaban J connectivity index is 0.973. The summed E-state index contributed by atoms with van der Waals surface area (Å²) in [6.07, 6.45) is 7.05. The van der Waals surface area contributed by atoms with Crippen LogP contribution in [0.5, 0.6) is 11.5 Å². The van der Waals surface area contributed by atoms with Crippen molar-refractivity contribution in [2.24, 2.45) is 11.8 Å². The number of β-amino-alcohol motifs (C(OH)–C–C–N with tert-alkyl or cyclic N) is 1. The second-order valence-electron chi connectivity index (χ2n) is 15.6. The van der Waals surface area contributed by atoms with E-state index in [4.69, 9.17) is 9.47 Å². The zero-order valence-electron chi connectivity index (χ0n) is 29.4. The van der Waals surface area contributed by atoms with E-state index in [1.165, 1.54) is 50.4 Å². The minimum atomic E-state index is -0.921. The number of benzene rings is 3. The minimum absolute atomic E-state index is 0.0287. The van der Waals surface area contributed by atoms with Crippen LogP contribution in [0.3, 0.4) is 0 Å². The molecule has 2 bridgehead atoms. The highest BCUT2D eigenvalue weighted by Gasteiger charge is 2.48. The third-order valence-electron chi connectivity index (χ3n) is 11.7. The van der Waals surface area contributed by atoms with Crippen LogP contribution in [0, 0.1) is 11.8 Å².